The summed E-state index contributed by atoms with van der Waals surface area (Å²) >= 11 is 0. The van der Waals surface area contributed by atoms with E-state index >= 15 is 0 Å². The third-order valence-corrected chi connectivity index (χ3v) is 7.39. The lowest BCUT2D eigenvalue weighted by atomic mass is 9.88. The van der Waals surface area contributed by atoms with Gasteiger partial charge in [0.05, 0.1) is 5.69 Å². The molecule has 2 saturated carbocycles. The molecule has 38 heavy (non-hydrogen) atoms. The number of rotatable bonds is 11. The first-order chi connectivity index (χ1) is 18.3. The van der Waals surface area contributed by atoms with Gasteiger partial charge >= 0.3 is 0 Å². The van der Waals surface area contributed by atoms with Crippen LogP contribution in [0.2, 0.25) is 0 Å². The van der Waals surface area contributed by atoms with Gasteiger partial charge in [-0.15, -0.1) is 0 Å². The molecule has 0 spiro atoms. The maximum atomic E-state index is 15.0. The Morgan fingerprint density at radius 1 is 1.11 bits per heavy atom. The SMILES string of the molecule is Cc1n[nH]c(C)c1-c1ccc(NC(=O)[C@@H](NC(=O)c2ccnn2C(CF)CF)C(C2CC2)C2CC2)nc1F. The number of nitrogens with one attached hydrogen (secondary N) is 3. The van der Waals surface area contributed by atoms with Crippen molar-refractivity contribution in [2.24, 2.45) is 17.8 Å². The molecule has 0 unspecified atom stereocenters. The lowest BCUT2D eigenvalue weighted by Crippen LogP contribution is -2.50. The maximum Gasteiger partial charge on any atom is 0.270 e. The number of hydrogen-bond donors (Lipinski definition) is 3. The molecule has 5 rings (SSSR count). The average Bonchev–Trinajstić information content (AvgIpc) is 3.83. The Kier molecular flexibility index (Phi) is 7.22. The van der Waals surface area contributed by atoms with Gasteiger partial charge in [-0.2, -0.15) is 14.6 Å². The van der Waals surface area contributed by atoms with Crippen LogP contribution in [-0.4, -0.2) is 56.2 Å². The summed E-state index contributed by atoms with van der Waals surface area (Å²) < 4.78 is 42.6. The molecular weight excluding hydrogens is 499 g/mol. The molecule has 12 heteroatoms. The van der Waals surface area contributed by atoms with E-state index in [-0.39, 0.29) is 34.8 Å². The molecule has 2 amide bonds. The molecular formula is C26H30F3N7O2. The first-order valence-corrected chi connectivity index (χ1v) is 12.8. The third-order valence-electron chi connectivity index (χ3n) is 7.39. The molecule has 0 aromatic carbocycles. The topological polar surface area (TPSA) is 118 Å². The molecule has 2 aliphatic rings. The number of aromatic nitrogens is 5. The minimum Gasteiger partial charge on any atom is -0.339 e. The Morgan fingerprint density at radius 2 is 1.79 bits per heavy atom. The monoisotopic (exact) mass is 529 g/mol. The number of nitrogens with zero attached hydrogens (tertiary/aromatic N) is 4. The number of anilines is 1. The van der Waals surface area contributed by atoms with Crippen LogP contribution in [0.1, 0.15) is 53.6 Å². The molecule has 0 aliphatic heterocycles. The predicted octanol–water partition coefficient (Wildman–Crippen LogP) is 4.08. The highest BCUT2D eigenvalue weighted by Gasteiger charge is 2.48. The molecule has 9 nitrogen and oxygen atoms in total. The molecule has 3 N–H and O–H groups in total. The van der Waals surface area contributed by atoms with E-state index in [0.717, 1.165) is 30.4 Å². The van der Waals surface area contributed by atoms with Crippen molar-refractivity contribution in [1.29, 1.82) is 0 Å². The number of hydrogen-bond acceptors (Lipinski definition) is 5. The molecule has 0 saturated heterocycles. The van der Waals surface area contributed by atoms with E-state index in [9.17, 15) is 22.8 Å². The molecule has 0 radical (unpaired) electrons. The Hall–Kier alpha value is -3.70. The van der Waals surface area contributed by atoms with Gasteiger partial charge in [0.25, 0.3) is 5.91 Å². The van der Waals surface area contributed by atoms with Crippen molar-refractivity contribution < 1.29 is 22.8 Å². The number of alkyl halides is 2. The normalized spacial score (nSPS) is 16.2. The van der Waals surface area contributed by atoms with E-state index in [1.54, 1.807) is 13.8 Å². The van der Waals surface area contributed by atoms with Gasteiger partial charge in [-0.3, -0.25) is 19.4 Å². The quantitative estimate of drug-likeness (QED) is 0.324. The lowest BCUT2D eigenvalue weighted by molar-refractivity contribution is -0.119. The van der Waals surface area contributed by atoms with E-state index in [2.05, 4.69) is 30.9 Å². The van der Waals surface area contributed by atoms with Gasteiger partial charge in [0, 0.05) is 23.0 Å². The molecule has 2 aliphatic carbocycles. The van der Waals surface area contributed by atoms with Crippen molar-refractivity contribution >= 4 is 17.6 Å². The van der Waals surface area contributed by atoms with Crippen molar-refractivity contribution in [2.45, 2.75) is 51.6 Å². The van der Waals surface area contributed by atoms with Gasteiger partial charge in [0.15, 0.2) is 0 Å². The van der Waals surface area contributed by atoms with E-state index in [1.807, 2.05) is 0 Å². The van der Waals surface area contributed by atoms with Crippen LogP contribution in [0, 0.1) is 37.5 Å². The van der Waals surface area contributed by atoms with Crippen LogP contribution < -0.4 is 10.6 Å². The highest BCUT2D eigenvalue weighted by Crippen LogP contribution is 2.51. The predicted molar refractivity (Wildman–Crippen MR) is 133 cm³/mol. The first-order valence-electron chi connectivity index (χ1n) is 12.8. The smallest absolute Gasteiger partial charge is 0.270 e. The summed E-state index contributed by atoms with van der Waals surface area (Å²) in [5.41, 5.74) is 2.15. The van der Waals surface area contributed by atoms with Gasteiger partial charge in [0.1, 0.15) is 36.9 Å². The zero-order valence-corrected chi connectivity index (χ0v) is 21.2. The average molecular weight is 530 g/mol. The third kappa shape index (κ3) is 5.16. The van der Waals surface area contributed by atoms with Crippen LogP contribution in [0.4, 0.5) is 19.0 Å². The molecule has 3 aromatic rings. The molecule has 2 fully saturated rings. The highest BCUT2D eigenvalue weighted by molar-refractivity contribution is 6.00. The number of amides is 2. The second-order valence-electron chi connectivity index (χ2n) is 10.2. The largest absolute Gasteiger partial charge is 0.339 e. The molecule has 1 atom stereocenters. The molecule has 202 valence electrons. The van der Waals surface area contributed by atoms with Crippen molar-refractivity contribution in [2.75, 3.05) is 18.7 Å². The minimum absolute atomic E-state index is 0.0135. The number of aryl methyl sites for hydroxylation is 2. The fourth-order valence-corrected chi connectivity index (χ4v) is 5.24. The lowest BCUT2D eigenvalue weighted by Gasteiger charge is -2.27. The van der Waals surface area contributed by atoms with Crippen molar-refractivity contribution in [3.8, 4) is 11.1 Å². The van der Waals surface area contributed by atoms with Crippen molar-refractivity contribution in [3.63, 3.8) is 0 Å². The van der Waals surface area contributed by atoms with Crippen LogP contribution in [0.15, 0.2) is 24.4 Å². The van der Waals surface area contributed by atoms with Gasteiger partial charge < -0.3 is 10.6 Å². The van der Waals surface area contributed by atoms with E-state index in [1.165, 1.54) is 24.4 Å². The van der Waals surface area contributed by atoms with E-state index < -0.39 is 43.2 Å². The zero-order valence-electron chi connectivity index (χ0n) is 21.2. The van der Waals surface area contributed by atoms with Crippen LogP contribution in [0.25, 0.3) is 11.1 Å². The first kappa shape index (κ1) is 25.9. The summed E-state index contributed by atoms with van der Waals surface area (Å²) in [6, 6.07) is 2.24. The number of carbonyl (C=O) groups excluding carboxylic acids is 2. The van der Waals surface area contributed by atoms with Gasteiger partial charge in [-0.05, 0) is 75.5 Å². The summed E-state index contributed by atoms with van der Waals surface area (Å²) in [6.07, 6.45) is 5.11. The van der Waals surface area contributed by atoms with Crippen LogP contribution in [0.3, 0.4) is 0 Å². The van der Waals surface area contributed by atoms with E-state index in [4.69, 9.17) is 0 Å². The number of carbonyl (C=O) groups is 2. The summed E-state index contributed by atoms with van der Waals surface area (Å²) in [5, 5.41) is 16.3. The Labute approximate surface area is 217 Å². The Morgan fingerprint density at radius 3 is 2.34 bits per heavy atom. The minimum atomic E-state index is -1.23. The summed E-state index contributed by atoms with van der Waals surface area (Å²) in [4.78, 5) is 30.7. The van der Waals surface area contributed by atoms with Gasteiger partial charge in [0.2, 0.25) is 11.9 Å². The van der Waals surface area contributed by atoms with Crippen LogP contribution in [0.5, 0.6) is 0 Å². The number of H-pyrrole nitrogens is 1. The molecule has 3 aromatic heterocycles. The maximum absolute atomic E-state index is 15.0. The zero-order chi connectivity index (χ0) is 27.0. The fraction of sp³-hybridized carbons (Fsp3) is 0.500. The molecule has 0 bridgehead atoms. The Bertz CT molecular complexity index is 1300. The number of halogens is 3. The summed E-state index contributed by atoms with van der Waals surface area (Å²) in [6.45, 7) is 1.48. The summed E-state index contributed by atoms with van der Waals surface area (Å²) in [7, 11) is 0. The Balaban J connectivity index is 1.39. The molecule has 3 heterocycles. The second-order valence-corrected chi connectivity index (χ2v) is 10.2. The van der Waals surface area contributed by atoms with Crippen molar-refractivity contribution in [1.82, 2.24) is 30.3 Å². The fourth-order valence-electron chi connectivity index (χ4n) is 5.24. The van der Waals surface area contributed by atoms with Crippen molar-refractivity contribution in [3.05, 3.63) is 47.4 Å². The van der Waals surface area contributed by atoms with E-state index in [0.29, 0.717) is 17.0 Å². The van der Waals surface area contributed by atoms with Gasteiger partial charge in [-0.1, -0.05) is 0 Å². The van der Waals surface area contributed by atoms with Crippen LogP contribution >= 0.6 is 0 Å². The standard InChI is InChI=1S/C26H30F3N7O2/c1-13-21(14(2)35-34-13)18-7-8-20(31-24(18)29)32-26(38)23(22(15-3-4-15)16-5-6-16)33-25(37)19-9-10-30-36(19)17(11-27)12-28/h7-10,15-17,22-23H,3-6,11-12H2,1-2H3,(H,33,37)(H,34,35)(H,31,32,38)/t23-/m0/s1. The summed E-state index contributed by atoms with van der Waals surface area (Å²) in [5.74, 6) is -1.45. The highest BCUT2D eigenvalue weighted by atomic mass is 19.1. The second kappa shape index (κ2) is 10.6. The van der Waals surface area contributed by atoms with Crippen LogP contribution in [-0.2, 0) is 4.79 Å². The number of pyridine rings is 1. The number of aromatic amines is 1. The van der Waals surface area contributed by atoms with Gasteiger partial charge in [-0.25, -0.2) is 13.8 Å².